The Hall–Kier alpha value is -0.840. The first-order chi connectivity index (χ1) is 8.58. The lowest BCUT2D eigenvalue weighted by atomic mass is 10.1. The minimum absolute atomic E-state index is 0.245. The van der Waals surface area contributed by atoms with Crippen molar-refractivity contribution in [2.45, 2.75) is 22.8 Å². The summed E-state index contributed by atoms with van der Waals surface area (Å²) in [6.07, 6.45) is 0. The Balaban J connectivity index is 2.37. The molecule has 0 aliphatic carbocycles. The van der Waals surface area contributed by atoms with Crippen LogP contribution in [0.2, 0.25) is 0 Å². The number of hydrogen-bond acceptors (Lipinski definition) is 2. The van der Waals surface area contributed by atoms with E-state index in [0.29, 0.717) is 5.56 Å². The van der Waals surface area contributed by atoms with Gasteiger partial charge in [-0.15, -0.1) is 0 Å². The van der Waals surface area contributed by atoms with Crippen LogP contribution in [-0.4, -0.2) is 0 Å². The summed E-state index contributed by atoms with van der Waals surface area (Å²) in [6, 6.07) is 12.6. The average molecular weight is 326 g/mol. The fraction of sp³-hybridized carbons (Fsp3) is 0.143. The largest absolute Gasteiger partial charge is 0.324 e. The molecule has 2 aromatic rings. The first-order valence-corrected chi connectivity index (χ1v) is 7.16. The number of rotatable bonds is 3. The van der Waals surface area contributed by atoms with Gasteiger partial charge >= 0.3 is 0 Å². The minimum Gasteiger partial charge on any atom is -0.324 e. The fourth-order valence-electron chi connectivity index (χ4n) is 1.71. The molecule has 94 valence electrons. The Morgan fingerprint density at radius 1 is 1.22 bits per heavy atom. The maximum atomic E-state index is 13.8. The number of benzene rings is 2. The van der Waals surface area contributed by atoms with Crippen LogP contribution in [0, 0.1) is 5.82 Å². The lowest BCUT2D eigenvalue weighted by Crippen LogP contribution is -2.08. The summed E-state index contributed by atoms with van der Waals surface area (Å²) >= 11 is 4.95. The molecule has 1 atom stereocenters. The normalized spacial score (nSPS) is 12.4. The standard InChI is InChI=1S/C14H13BrFNS/c1-9(17)14-12(16)6-3-7-13(14)18-11-5-2-4-10(15)8-11/h2-9H,17H2,1H3. The molecule has 0 saturated carbocycles. The zero-order valence-electron chi connectivity index (χ0n) is 9.86. The number of halogens is 2. The molecule has 1 unspecified atom stereocenters. The van der Waals surface area contributed by atoms with Gasteiger partial charge in [-0.05, 0) is 37.3 Å². The van der Waals surface area contributed by atoms with Gasteiger partial charge < -0.3 is 5.73 Å². The SMILES string of the molecule is CC(N)c1c(F)cccc1Sc1cccc(Br)c1. The van der Waals surface area contributed by atoms with E-state index in [1.165, 1.54) is 17.8 Å². The highest BCUT2D eigenvalue weighted by molar-refractivity contribution is 9.10. The molecule has 2 rings (SSSR count). The monoisotopic (exact) mass is 325 g/mol. The van der Waals surface area contributed by atoms with Gasteiger partial charge in [-0.1, -0.05) is 39.8 Å². The predicted octanol–water partition coefficient (Wildman–Crippen LogP) is 4.76. The molecule has 0 bridgehead atoms. The third-order valence-electron chi connectivity index (χ3n) is 2.49. The fourth-order valence-corrected chi connectivity index (χ4v) is 3.38. The molecule has 18 heavy (non-hydrogen) atoms. The summed E-state index contributed by atoms with van der Waals surface area (Å²) in [5, 5.41) is 0. The van der Waals surface area contributed by atoms with Crippen molar-refractivity contribution in [2.75, 3.05) is 0 Å². The lowest BCUT2D eigenvalue weighted by Gasteiger charge is -2.13. The van der Waals surface area contributed by atoms with E-state index in [4.69, 9.17) is 5.73 Å². The Morgan fingerprint density at radius 2 is 1.94 bits per heavy atom. The zero-order chi connectivity index (χ0) is 13.1. The maximum absolute atomic E-state index is 13.8. The van der Waals surface area contributed by atoms with Gasteiger partial charge in [-0.3, -0.25) is 0 Å². The molecule has 0 aliphatic heterocycles. The Morgan fingerprint density at radius 3 is 2.61 bits per heavy atom. The Kier molecular flexibility index (Phi) is 4.43. The van der Waals surface area contributed by atoms with Crippen molar-refractivity contribution >= 4 is 27.7 Å². The van der Waals surface area contributed by atoms with Crippen molar-refractivity contribution in [2.24, 2.45) is 5.73 Å². The van der Waals surface area contributed by atoms with Gasteiger partial charge in [0, 0.05) is 25.9 Å². The van der Waals surface area contributed by atoms with E-state index in [9.17, 15) is 4.39 Å². The van der Waals surface area contributed by atoms with Gasteiger partial charge in [0.25, 0.3) is 0 Å². The van der Waals surface area contributed by atoms with Crippen LogP contribution in [0.15, 0.2) is 56.7 Å². The van der Waals surface area contributed by atoms with Crippen LogP contribution >= 0.6 is 27.7 Å². The second kappa shape index (κ2) is 5.87. The van der Waals surface area contributed by atoms with E-state index < -0.39 is 0 Å². The van der Waals surface area contributed by atoms with Crippen LogP contribution in [0.25, 0.3) is 0 Å². The van der Waals surface area contributed by atoms with Gasteiger partial charge in [0.05, 0.1) is 0 Å². The molecular weight excluding hydrogens is 313 g/mol. The van der Waals surface area contributed by atoms with Crippen molar-refractivity contribution < 1.29 is 4.39 Å². The molecule has 0 radical (unpaired) electrons. The van der Waals surface area contributed by atoms with E-state index >= 15 is 0 Å². The van der Waals surface area contributed by atoms with Crippen LogP contribution in [0.4, 0.5) is 4.39 Å². The maximum Gasteiger partial charge on any atom is 0.129 e. The van der Waals surface area contributed by atoms with Gasteiger partial charge in [0.15, 0.2) is 0 Å². The molecule has 2 aromatic carbocycles. The zero-order valence-corrected chi connectivity index (χ0v) is 12.3. The van der Waals surface area contributed by atoms with Crippen LogP contribution < -0.4 is 5.73 Å². The van der Waals surface area contributed by atoms with Crippen molar-refractivity contribution in [1.29, 1.82) is 0 Å². The Bertz CT molecular complexity index is 557. The van der Waals surface area contributed by atoms with Gasteiger partial charge in [-0.2, -0.15) is 0 Å². The molecule has 4 heteroatoms. The van der Waals surface area contributed by atoms with Crippen molar-refractivity contribution in [3.8, 4) is 0 Å². The molecule has 2 N–H and O–H groups in total. The minimum atomic E-state index is -0.319. The molecule has 1 nitrogen and oxygen atoms in total. The predicted molar refractivity (Wildman–Crippen MR) is 77.3 cm³/mol. The number of hydrogen-bond donors (Lipinski definition) is 1. The summed E-state index contributed by atoms with van der Waals surface area (Å²) in [7, 11) is 0. The topological polar surface area (TPSA) is 26.0 Å². The molecule has 0 aromatic heterocycles. The second-order valence-electron chi connectivity index (χ2n) is 4.00. The molecule has 0 amide bonds. The molecule has 0 saturated heterocycles. The highest BCUT2D eigenvalue weighted by atomic mass is 79.9. The quantitative estimate of drug-likeness (QED) is 0.880. The van der Waals surface area contributed by atoms with Crippen molar-refractivity contribution in [3.05, 3.63) is 58.3 Å². The van der Waals surface area contributed by atoms with E-state index in [0.717, 1.165) is 14.3 Å². The second-order valence-corrected chi connectivity index (χ2v) is 6.03. The molecular formula is C14H13BrFNS. The highest BCUT2D eigenvalue weighted by Gasteiger charge is 2.13. The van der Waals surface area contributed by atoms with Crippen molar-refractivity contribution in [3.63, 3.8) is 0 Å². The van der Waals surface area contributed by atoms with Gasteiger partial charge in [0.2, 0.25) is 0 Å². The van der Waals surface area contributed by atoms with Crippen LogP contribution in [0.1, 0.15) is 18.5 Å². The van der Waals surface area contributed by atoms with E-state index in [1.807, 2.05) is 30.3 Å². The van der Waals surface area contributed by atoms with Gasteiger partial charge in [0.1, 0.15) is 5.82 Å². The molecule has 0 heterocycles. The smallest absolute Gasteiger partial charge is 0.129 e. The summed E-state index contributed by atoms with van der Waals surface area (Å²) in [6.45, 7) is 1.80. The molecule has 0 aliphatic rings. The van der Waals surface area contributed by atoms with E-state index in [-0.39, 0.29) is 11.9 Å². The summed E-state index contributed by atoms with van der Waals surface area (Å²) < 4.78 is 14.8. The highest BCUT2D eigenvalue weighted by Crippen LogP contribution is 2.34. The average Bonchev–Trinajstić information content (AvgIpc) is 2.28. The van der Waals surface area contributed by atoms with Crippen LogP contribution in [-0.2, 0) is 0 Å². The van der Waals surface area contributed by atoms with E-state index in [2.05, 4.69) is 15.9 Å². The summed E-state index contributed by atoms with van der Waals surface area (Å²) in [4.78, 5) is 1.92. The number of nitrogens with two attached hydrogens (primary N) is 1. The molecule has 0 spiro atoms. The van der Waals surface area contributed by atoms with Crippen LogP contribution in [0.5, 0.6) is 0 Å². The van der Waals surface area contributed by atoms with E-state index in [1.54, 1.807) is 13.0 Å². The third kappa shape index (κ3) is 3.13. The van der Waals surface area contributed by atoms with Crippen molar-refractivity contribution in [1.82, 2.24) is 0 Å². The third-order valence-corrected chi connectivity index (χ3v) is 4.05. The Labute approximate surface area is 119 Å². The first-order valence-electron chi connectivity index (χ1n) is 5.55. The van der Waals surface area contributed by atoms with Crippen LogP contribution in [0.3, 0.4) is 0 Å². The molecule has 0 fully saturated rings. The lowest BCUT2D eigenvalue weighted by molar-refractivity contribution is 0.585. The van der Waals surface area contributed by atoms with Gasteiger partial charge in [-0.25, -0.2) is 4.39 Å². The summed E-state index contributed by atoms with van der Waals surface area (Å²) in [5.74, 6) is -0.245. The first kappa shape index (κ1) is 13.6. The summed E-state index contributed by atoms with van der Waals surface area (Å²) in [5.41, 5.74) is 6.41.